The summed E-state index contributed by atoms with van der Waals surface area (Å²) in [5.74, 6) is 0.735. The summed E-state index contributed by atoms with van der Waals surface area (Å²) < 4.78 is 0. The number of rotatable bonds is 3. The molecule has 0 aliphatic carbocycles. The first-order valence-corrected chi connectivity index (χ1v) is 7.12. The maximum absolute atomic E-state index is 10.4. The van der Waals surface area contributed by atoms with Gasteiger partial charge in [-0.25, -0.2) is 0 Å². The molecule has 1 aromatic carbocycles. The third kappa shape index (κ3) is 2.65. The summed E-state index contributed by atoms with van der Waals surface area (Å²) in [7, 11) is 0. The predicted octanol–water partition coefficient (Wildman–Crippen LogP) is 3.77. The van der Waals surface area contributed by atoms with Gasteiger partial charge < -0.3 is 10.4 Å². The Morgan fingerprint density at radius 3 is 2.78 bits per heavy atom. The molecule has 2 N–H and O–H groups in total. The Balaban J connectivity index is 2.37. The van der Waals surface area contributed by atoms with Crippen molar-refractivity contribution in [2.75, 3.05) is 6.54 Å². The molecule has 0 aromatic heterocycles. The summed E-state index contributed by atoms with van der Waals surface area (Å²) in [4.78, 5) is 0. The quantitative estimate of drug-likeness (QED) is 0.874. The topological polar surface area (TPSA) is 32.3 Å². The minimum absolute atomic E-state index is 0.290. The van der Waals surface area contributed by atoms with E-state index < -0.39 is 0 Å². The standard InChI is InChI=1S/C15H22ClNO/c1-9(2)12-8-14(16)10(3)13(15(12)18)7-11-5-4-6-17-11/h8-9,11,17-18H,4-7H2,1-3H3. The maximum atomic E-state index is 10.4. The highest BCUT2D eigenvalue weighted by molar-refractivity contribution is 6.31. The van der Waals surface area contributed by atoms with Gasteiger partial charge >= 0.3 is 0 Å². The van der Waals surface area contributed by atoms with Gasteiger partial charge in [-0.2, -0.15) is 0 Å². The molecule has 2 nitrogen and oxygen atoms in total. The zero-order valence-corrected chi connectivity index (χ0v) is 12.1. The molecule has 0 bridgehead atoms. The fourth-order valence-corrected chi connectivity index (χ4v) is 2.91. The Bertz CT molecular complexity index is 437. The van der Waals surface area contributed by atoms with Crippen LogP contribution in [-0.4, -0.2) is 17.7 Å². The van der Waals surface area contributed by atoms with E-state index in [1.165, 1.54) is 12.8 Å². The van der Waals surface area contributed by atoms with Gasteiger partial charge in [0.2, 0.25) is 0 Å². The van der Waals surface area contributed by atoms with E-state index in [4.69, 9.17) is 11.6 Å². The van der Waals surface area contributed by atoms with Crippen LogP contribution < -0.4 is 5.32 Å². The van der Waals surface area contributed by atoms with Crippen LogP contribution in [0.3, 0.4) is 0 Å². The Morgan fingerprint density at radius 1 is 1.50 bits per heavy atom. The van der Waals surface area contributed by atoms with E-state index in [2.05, 4.69) is 19.2 Å². The van der Waals surface area contributed by atoms with Crippen molar-refractivity contribution in [3.63, 3.8) is 0 Å². The summed E-state index contributed by atoms with van der Waals surface area (Å²) in [6, 6.07) is 2.38. The third-order valence-electron chi connectivity index (χ3n) is 3.89. The van der Waals surface area contributed by atoms with E-state index in [9.17, 15) is 5.11 Å². The van der Waals surface area contributed by atoms with Crippen LogP contribution in [0, 0.1) is 6.92 Å². The van der Waals surface area contributed by atoms with Crippen molar-refractivity contribution in [3.05, 3.63) is 27.8 Å². The maximum Gasteiger partial charge on any atom is 0.122 e. The fourth-order valence-electron chi connectivity index (χ4n) is 2.68. The van der Waals surface area contributed by atoms with Crippen LogP contribution in [-0.2, 0) is 6.42 Å². The largest absolute Gasteiger partial charge is 0.507 e. The number of halogens is 1. The van der Waals surface area contributed by atoms with Gasteiger partial charge in [-0.3, -0.25) is 0 Å². The van der Waals surface area contributed by atoms with E-state index in [1.54, 1.807) is 0 Å². The summed E-state index contributed by atoms with van der Waals surface area (Å²) >= 11 is 6.29. The van der Waals surface area contributed by atoms with Crippen molar-refractivity contribution >= 4 is 11.6 Å². The van der Waals surface area contributed by atoms with Crippen molar-refractivity contribution in [2.24, 2.45) is 0 Å². The van der Waals surface area contributed by atoms with E-state index in [1.807, 2.05) is 13.0 Å². The molecule has 0 radical (unpaired) electrons. The van der Waals surface area contributed by atoms with Gasteiger partial charge in [0.15, 0.2) is 0 Å². The lowest BCUT2D eigenvalue weighted by Crippen LogP contribution is -2.24. The van der Waals surface area contributed by atoms with Crippen molar-refractivity contribution in [1.82, 2.24) is 5.32 Å². The first kappa shape index (κ1) is 13.7. The van der Waals surface area contributed by atoms with Gasteiger partial charge in [0.05, 0.1) is 0 Å². The van der Waals surface area contributed by atoms with Crippen molar-refractivity contribution < 1.29 is 5.11 Å². The average molecular weight is 268 g/mol. The molecule has 0 spiro atoms. The molecule has 1 unspecified atom stereocenters. The van der Waals surface area contributed by atoms with Crippen LogP contribution in [0.25, 0.3) is 0 Å². The van der Waals surface area contributed by atoms with E-state index in [0.29, 0.717) is 17.7 Å². The van der Waals surface area contributed by atoms with Crippen LogP contribution in [0.1, 0.15) is 49.3 Å². The summed E-state index contributed by atoms with van der Waals surface area (Å²) in [6.07, 6.45) is 3.28. The van der Waals surface area contributed by atoms with Crippen molar-refractivity contribution in [1.29, 1.82) is 0 Å². The number of hydrogen-bond acceptors (Lipinski definition) is 2. The first-order valence-electron chi connectivity index (χ1n) is 6.75. The minimum Gasteiger partial charge on any atom is -0.507 e. The molecule has 0 saturated carbocycles. The molecule has 1 aliphatic heterocycles. The van der Waals surface area contributed by atoms with Crippen molar-refractivity contribution in [2.45, 2.75) is 52.0 Å². The molecule has 3 heteroatoms. The number of aromatic hydroxyl groups is 1. The molecule has 0 amide bonds. The molecule has 1 heterocycles. The number of phenolic OH excluding ortho intramolecular Hbond substituents is 1. The van der Waals surface area contributed by atoms with Gasteiger partial charge in [-0.05, 0) is 55.8 Å². The van der Waals surface area contributed by atoms with E-state index >= 15 is 0 Å². The molecular weight excluding hydrogens is 246 g/mol. The molecule has 1 aromatic rings. The summed E-state index contributed by atoms with van der Waals surface area (Å²) in [6.45, 7) is 7.25. The molecule has 1 aliphatic rings. The van der Waals surface area contributed by atoms with Gasteiger partial charge in [0.25, 0.3) is 0 Å². The first-order chi connectivity index (χ1) is 8.50. The fraction of sp³-hybridized carbons (Fsp3) is 0.600. The smallest absolute Gasteiger partial charge is 0.122 e. The Morgan fingerprint density at radius 2 is 2.22 bits per heavy atom. The highest BCUT2D eigenvalue weighted by Crippen LogP contribution is 2.36. The van der Waals surface area contributed by atoms with Crippen LogP contribution >= 0.6 is 11.6 Å². The van der Waals surface area contributed by atoms with Gasteiger partial charge in [-0.15, -0.1) is 0 Å². The van der Waals surface area contributed by atoms with Crippen LogP contribution in [0.2, 0.25) is 5.02 Å². The second-order valence-corrected chi connectivity index (χ2v) is 5.96. The molecular formula is C15H22ClNO. The van der Waals surface area contributed by atoms with Crippen LogP contribution in [0.5, 0.6) is 5.75 Å². The zero-order valence-electron chi connectivity index (χ0n) is 11.4. The van der Waals surface area contributed by atoms with E-state index in [-0.39, 0.29) is 0 Å². The summed E-state index contributed by atoms with van der Waals surface area (Å²) in [5, 5.41) is 14.7. The Kier molecular flexibility index (Phi) is 4.18. The normalized spacial score (nSPS) is 19.7. The number of hydrogen-bond donors (Lipinski definition) is 2. The molecule has 2 rings (SSSR count). The van der Waals surface area contributed by atoms with Gasteiger partial charge in [-0.1, -0.05) is 25.4 Å². The van der Waals surface area contributed by atoms with Crippen LogP contribution in [0.4, 0.5) is 0 Å². The molecule has 18 heavy (non-hydrogen) atoms. The molecule has 100 valence electrons. The molecule has 1 saturated heterocycles. The lowest BCUT2D eigenvalue weighted by Gasteiger charge is -2.19. The second-order valence-electron chi connectivity index (χ2n) is 5.55. The lowest BCUT2D eigenvalue weighted by atomic mass is 9.92. The summed E-state index contributed by atoms with van der Waals surface area (Å²) in [5.41, 5.74) is 3.00. The van der Waals surface area contributed by atoms with E-state index in [0.717, 1.165) is 34.7 Å². The second kappa shape index (κ2) is 5.50. The van der Waals surface area contributed by atoms with Crippen molar-refractivity contribution in [3.8, 4) is 5.75 Å². The Hall–Kier alpha value is -0.730. The molecule has 1 atom stereocenters. The average Bonchev–Trinajstić information content (AvgIpc) is 2.81. The number of phenols is 1. The number of benzene rings is 1. The highest BCUT2D eigenvalue weighted by atomic mass is 35.5. The molecule has 1 fully saturated rings. The third-order valence-corrected chi connectivity index (χ3v) is 4.28. The lowest BCUT2D eigenvalue weighted by molar-refractivity contribution is 0.451. The monoisotopic (exact) mass is 267 g/mol. The van der Waals surface area contributed by atoms with Gasteiger partial charge in [0, 0.05) is 16.6 Å². The van der Waals surface area contributed by atoms with Gasteiger partial charge in [0.1, 0.15) is 5.75 Å². The highest BCUT2D eigenvalue weighted by Gasteiger charge is 2.21. The number of nitrogens with one attached hydrogen (secondary N) is 1. The predicted molar refractivity (Wildman–Crippen MR) is 76.7 cm³/mol. The Labute approximate surface area is 114 Å². The minimum atomic E-state index is 0.290. The SMILES string of the molecule is Cc1c(Cl)cc(C(C)C)c(O)c1CC1CCCN1. The zero-order chi connectivity index (χ0) is 13.3. The van der Waals surface area contributed by atoms with Crippen LogP contribution in [0.15, 0.2) is 6.07 Å².